The van der Waals surface area contributed by atoms with Gasteiger partial charge >= 0.3 is 0 Å². The lowest BCUT2D eigenvalue weighted by Gasteiger charge is -2.13. The molecule has 2 aromatic carbocycles. The van der Waals surface area contributed by atoms with Gasteiger partial charge in [-0.2, -0.15) is 0 Å². The van der Waals surface area contributed by atoms with E-state index in [0.717, 1.165) is 11.3 Å². The zero-order valence-corrected chi connectivity index (χ0v) is 18.4. The molecule has 0 radical (unpaired) electrons. The molecule has 1 heterocycles. The quantitative estimate of drug-likeness (QED) is 0.407. The summed E-state index contributed by atoms with van der Waals surface area (Å²) in [4.78, 5) is 28.4. The van der Waals surface area contributed by atoms with Crippen molar-refractivity contribution in [3.63, 3.8) is 0 Å². The third-order valence-corrected chi connectivity index (χ3v) is 5.63. The molecule has 0 spiro atoms. The predicted octanol–water partition coefficient (Wildman–Crippen LogP) is 5.18. The van der Waals surface area contributed by atoms with Crippen molar-refractivity contribution < 1.29 is 14.7 Å². The van der Waals surface area contributed by atoms with Gasteiger partial charge in [-0.05, 0) is 65.7 Å². The second-order valence-electron chi connectivity index (χ2n) is 6.39. The molecule has 0 saturated heterocycles. The largest absolute Gasteiger partial charge is 0.506 e. The number of phenols is 1. The summed E-state index contributed by atoms with van der Waals surface area (Å²) >= 11 is 4.51. The number of carbonyl (C=O) groups excluding carboxylic acids is 2. The van der Waals surface area contributed by atoms with Gasteiger partial charge in [-0.15, -0.1) is 0 Å². The lowest BCUT2D eigenvalue weighted by Crippen LogP contribution is -2.12. The highest BCUT2D eigenvalue weighted by molar-refractivity contribution is 9.10. The zero-order chi connectivity index (χ0) is 21.1. The van der Waals surface area contributed by atoms with Crippen LogP contribution in [0.5, 0.6) is 5.75 Å². The van der Waals surface area contributed by atoms with Gasteiger partial charge in [0, 0.05) is 23.9 Å². The molecular weight excluding hydrogens is 456 g/mol. The fourth-order valence-corrected chi connectivity index (χ4v) is 4.06. The van der Waals surface area contributed by atoms with Crippen LogP contribution in [0.15, 0.2) is 41.0 Å². The number of hydrogen-bond donors (Lipinski definition) is 4. The highest BCUT2D eigenvalue weighted by Crippen LogP contribution is 2.36. The molecule has 7 nitrogen and oxygen atoms in total. The number of benzene rings is 2. The summed E-state index contributed by atoms with van der Waals surface area (Å²) in [5.41, 5.74) is 3.48. The third-order valence-electron chi connectivity index (χ3n) is 4.12. The Balaban J connectivity index is 1.71. The summed E-state index contributed by atoms with van der Waals surface area (Å²) in [5.74, 6) is -0.337. The Labute approximate surface area is 180 Å². The average molecular weight is 475 g/mol. The number of thiazole rings is 1. The van der Waals surface area contributed by atoms with Crippen LogP contribution >= 0.6 is 27.3 Å². The van der Waals surface area contributed by atoms with Gasteiger partial charge in [0.1, 0.15) is 10.6 Å². The lowest BCUT2D eigenvalue weighted by molar-refractivity contribution is -0.114. The van der Waals surface area contributed by atoms with Gasteiger partial charge in [-0.3, -0.25) is 9.59 Å². The molecule has 3 rings (SSSR count). The van der Waals surface area contributed by atoms with Crippen molar-refractivity contribution in [2.24, 2.45) is 0 Å². The van der Waals surface area contributed by atoms with E-state index in [1.807, 2.05) is 19.1 Å². The van der Waals surface area contributed by atoms with Crippen LogP contribution in [-0.4, -0.2) is 21.9 Å². The Morgan fingerprint density at radius 2 is 1.76 bits per heavy atom. The molecule has 1 aromatic heterocycles. The topological polar surface area (TPSA) is 103 Å². The molecular formula is C20H19BrN4O3S. The number of nitrogens with zero attached hydrogens (tertiary/aromatic N) is 1. The summed E-state index contributed by atoms with van der Waals surface area (Å²) in [6.45, 7) is 5.05. The second kappa shape index (κ2) is 8.62. The van der Waals surface area contributed by atoms with Gasteiger partial charge in [-0.1, -0.05) is 11.3 Å². The van der Waals surface area contributed by atoms with Crippen LogP contribution in [0.3, 0.4) is 0 Å². The monoisotopic (exact) mass is 474 g/mol. The van der Waals surface area contributed by atoms with Crippen LogP contribution in [0.2, 0.25) is 0 Å². The fraction of sp³-hybridized carbons (Fsp3) is 0.150. The SMILES string of the molecule is CC(=O)Nc1ccc(Nc2ncc(C(=O)Nc3c(C)cc(Br)c(O)c3C)s2)cc1. The number of hydrogen-bond acceptors (Lipinski definition) is 6. The molecule has 0 bridgehead atoms. The number of aryl methyl sites for hydroxylation is 1. The Morgan fingerprint density at radius 3 is 2.41 bits per heavy atom. The Bertz CT molecular complexity index is 1080. The fourth-order valence-electron chi connectivity index (χ4n) is 2.69. The molecule has 0 unspecified atom stereocenters. The van der Waals surface area contributed by atoms with Crippen LogP contribution in [0, 0.1) is 13.8 Å². The molecule has 0 aliphatic heterocycles. The highest BCUT2D eigenvalue weighted by Gasteiger charge is 2.16. The first-order valence-corrected chi connectivity index (χ1v) is 10.3. The molecule has 0 aliphatic carbocycles. The first kappa shape index (κ1) is 20.8. The van der Waals surface area contributed by atoms with Crippen LogP contribution in [0.25, 0.3) is 0 Å². The lowest BCUT2D eigenvalue weighted by atomic mass is 10.1. The Kier molecular flexibility index (Phi) is 6.19. The van der Waals surface area contributed by atoms with E-state index in [1.165, 1.54) is 24.5 Å². The number of phenolic OH excluding ortho intramolecular Hbond substituents is 1. The van der Waals surface area contributed by atoms with Crippen molar-refractivity contribution in [1.82, 2.24) is 4.98 Å². The van der Waals surface area contributed by atoms with Gasteiger partial charge in [0.15, 0.2) is 5.13 Å². The number of amides is 2. The van der Waals surface area contributed by atoms with Crippen molar-refractivity contribution in [3.8, 4) is 5.75 Å². The standard InChI is InChI=1S/C20H19BrN4O3S/c1-10-8-15(21)18(27)11(2)17(10)25-19(28)16-9-22-20(29-16)24-14-6-4-13(5-7-14)23-12(3)26/h4-9,27H,1-3H3,(H,22,24)(H,23,26)(H,25,28). The van der Waals surface area contributed by atoms with E-state index in [4.69, 9.17) is 0 Å². The normalized spacial score (nSPS) is 10.5. The second-order valence-corrected chi connectivity index (χ2v) is 8.28. The van der Waals surface area contributed by atoms with E-state index >= 15 is 0 Å². The number of nitrogens with one attached hydrogen (secondary N) is 3. The van der Waals surface area contributed by atoms with Gasteiger partial charge < -0.3 is 21.1 Å². The summed E-state index contributed by atoms with van der Waals surface area (Å²) in [6, 6.07) is 8.92. The van der Waals surface area contributed by atoms with Crippen molar-refractivity contribution in [3.05, 3.63) is 57.0 Å². The van der Waals surface area contributed by atoms with Crippen LogP contribution < -0.4 is 16.0 Å². The highest BCUT2D eigenvalue weighted by atomic mass is 79.9. The summed E-state index contributed by atoms with van der Waals surface area (Å²) in [6.07, 6.45) is 1.50. The predicted molar refractivity (Wildman–Crippen MR) is 119 cm³/mol. The van der Waals surface area contributed by atoms with E-state index in [1.54, 1.807) is 25.1 Å². The average Bonchev–Trinajstić information content (AvgIpc) is 3.13. The van der Waals surface area contributed by atoms with E-state index in [0.29, 0.717) is 31.4 Å². The molecule has 0 fully saturated rings. The Hall–Kier alpha value is -2.91. The number of carbonyl (C=O) groups is 2. The first-order valence-electron chi connectivity index (χ1n) is 8.65. The Morgan fingerprint density at radius 1 is 1.10 bits per heavy atom. The number of aromatic nitrogens is 1. The first-order chi connectivity index (χ1) is 13.7. The maximum atomic E-state index is 12.6. The molecule has 2 amide bonds. The third kappa shape index (κ3) is 4.93. The minimum absolute atomic E-state index is 0.0975. The van der Waals surface area contributed by atoms with Gasteiger partial charge in [-0.25, -0.2) is 4.98 Å². The summed E-state index contributed by atoms with van der Waals surface area (Å²) in [7, 11) is 0. The number of rotatable bonds is 5. The molecule has 29 heavy (non-hydrogen) atoms. The van der Waals surface area contributed by atoms with Crippen molar-refractivity contribution in [2.45, 2.75) is 20.8 Å². The van der Waals surface area contributed by atoms with E-state index in [-0.39, 0.29) is 17.6 Å². The molecule has 9 heteroatoms. The number of aromatic hydroxyl groups is 1. The van der Waals surface area contributed by atoms with Crippen LogP contribution in [0.4, 0.5) is 22.2 Å². The summed E-state index contributed by atoms with van der Waals surface area (Å²) < 4.78 is 0.583. The minimum Gasteiger partial charge on any atom is -0.506 e. The van der Waals surface area contributed by atoms with Gasteiger partial charge in [0.25, 0.3) is 5.91 Å². The van der Waals surface area contributed by atoms with E-state index in [9.17, 15) is 14.7 Å². The van der Waals surface area contributed by atoms with Gasteiger partial charge in [0.05, 0.1) is 16.4 Å². The van der Waals surface area contributed by atoms with Gasteiger partial charge in [0.2, 0.25) is 5.91 Å². The van der Waals surface area contributed by atoms with Crippen molar-refractivity contribution >= 4 is 61.3 Å². The molecule has 3 aromatic rings. The molecule has 150 valence electrons. The summed E-state index contributed by atoms with van der Waals surface area (Å²) in [5, 5.41) is 19.3. The molecule has 0 atom stereocenters. The maximum Gasteiger partial charge on any atom is 0.267 e. The molecule has 4 N–H and O–H groups in total. The molecule has 0 saturated carbocycles. The van der Waals surface area contributed by atoms with Crippen molar-refractivity contribution in [2.75, 3.05) is 16.0 Å². The number of halogens is 1. The van der Waals surface area contributed by atoms with Crippen LogP contribution in [-0.2, 0) is 4.79 Å². The van der Waals surface area contributed by atoms with E-state index < -0.39 is 0 Å². The van der Waals surface area contributed by atoms with Crippen LogP contribution in [0.1, 0.15) is 27.7 Å². The minimum atomic E-state index is -0.301. The van der Waals surface area contributed by atoms with E-state index in [2.05, 4.69) is 36.9 Å². The smallest absolute Gasteiger partial charge is 0.267 e. The maximum absolute atomic E-state index is 12.6. The van der Waals surface area contributed by atoms with Crippen molar-refractivity contribution in [1.29, 1.82) is 0 Å². The molecule has 0 aliphatic rings. The number of anilines is 4. The zero-order valence-electron chi connectivity index (χ0n) is 16.0.